The molecule has 0 saturated heterocycles. The van der Waals surface area contributed by atoms with Crippen LogP contribution in [0.25, 0.3) is 0 Å². The number of pyridine rings is 1. The maximum atomic E-state index is 11.7. The molecule has 0 radical (unpaired) electrons. The largest absolute Gasteiger partial charge is 0.330 e. The van der Waals surface area contributed by atoms with Gasteiger partial charge in [0.2, 0.25) is 5.91 Å². The SMILES string of the molecule is CC(CN)C(=O)Nc1ccc(SCc2cccnc2)cc1.Cl.Cl. The molecule has 7 heteroatoms. The number of nitrogens with one attached hydrogen (secondary N) is 1. The summed E-state index contributed by atoms with van der Waals surface area (Å²) in [6.45, 7) is 2.17. The second-order valence-corrected chi connectivity index (χ2v) is 5.85. The average Bonchev–Trinajstić information content (AvgIpc) is 2.54. The highest BCUT2D eigenvalue weighted by Gasteiger charge is 2.10. The van der Waals surface area contributed by atoms with Crippen molar-refractivity contribution >= 4 is 48.2 Å². The molecule has 0 saturated carbocycles. The summed E-state index contributed by atoms with van der Waals surface area (Å²) in [7, 11) is 0. The Morgan fingerprint density at radius 3 is 2.52 bits per heavy atom. The van der Waals surface area contributed by atoms with Gasteiger partial charge in [0.1, 0.15) is 0 Å². The van der Waals surface area contributed by atoms with E-state index in [-0.39, 0.29) is 36.6 Å². The molecule has 0 fully saturated rings. The third-order valence-corrected chi connectivity index (χ3v) is 4.13. The van der Waals surface area contributed by atoms with Crippen LogP contribution < -0.4 is 11.1 Å². The minimum atomic E-state index is -0.176. The van der Waals surface area contributed by atoms with Gasteiger partial charge in [0.25, 0.3) is 0 Å². The second kappa shape index (κ2) is 11.3. The van der Waals surface area contributed by atoms with Crippen molar-refractivity contribution in [1.82, 2.24) is 4.98 Å². The number of nitrogens with two attached hydrogens (primary N) is 1. The Morgan fingerprint density at radius 1 is 1.26 bits per heavy atom. The summed E-state index contributed by atoms with van der Waals surface area (Å²) in [5.74, 6) is 0.655. The Bertz CT molecular complexity index is 582. The molecule has 126 valence electrons. The summed E-state index contributed by atoms with van der Waals surface area (Å²) in [4.78, 5) is 17.0. The lowest BCUT2D eigenvalue weighted by Gasteiger charge is -2.10. The van der Waals surface area contributed by atoms with Crippen molar-refractivity contribution in [1.29, 1.82) is 0 Å². The number of carbonyl (C=O) groups is 1. The predicted molar refractivity (Wildman–Crippen MR) is 102 cm³/mol. The third kappa shape index (κ3) is 7.22. The summed E-state index contributed by atoms with van der Waals surface area (Å²) in [6.07, 6.45) is 3.64. The Morgan fingerprint density at radius 2 is 1.96 bits per heavy atom. The first-order chi connectivity index (χ1) is 10.2. The number of amides is 1. The molecule has 1 aromatic carbocycles. The average molecular weight is 374 g/mol. The van der Waals surface area contributed by atoms with E-state index >= 15 is 0 Å². The van der Waals surface area contributed by atoms with Crippen molar-refractivity contribution in [2.45, 2.75) is 17.6 Å². The van der Waals surface area contributed by atoms with Gasteiger partial charge >= 0.3 is 0 Å². The van der Waals surface area contributed by atoms with Crippen LogP contribution >= 0.6 is 36.6 Å². The van der Waals surface area contributed by atoms with Gasteiger partial charge in [-0.25, -0.2) is 0 Å². The molecule has 0 aliphatic heterocycles. The maximum Gasteiger partial charge on any atom is 0.228 e. The van der Waals surface area contributed by atoms with Gasteiger partial charge in [-0.1, -0.05) is 13.0 Å². The fourth-order valence-electron chi connectivity index (χ4n) is 1.66. The lowest BCUT2D eigenvalue weighted by atomic mass is 10.1. The molecule has 23 heavy (non-hydrogen) atoms. The molecule has 0 bridgehead atoms. The first-order valence-corrected chi connectivity index (χ1v) is 7.80. The summed E-state index contributed by atoms with van der Waals surface area (Å²) in [5.41, 5.74) is 7.46. The van der Waals surface area contributed by atoms with E-state index in [4.69, 9.17) is 5.73 Å². The predicted octanol–water partition coefficient (Wildman–Crippen LogP) is 3.75. The summed E-state index contributed by atoms with van der Waals surface area (Å²) >= 11 is 1.74. The van der Waals surface area contributed by atoms with Gasteiger partial charge < -0.3 is 11.1 Å². The van der Waals surface area contributed by atoms with E-state index in [0.717, 1.165) is 16.3 Å². The molecule has 2 rings (SSSR count). The van der Waals surface area contributed by atoms with Crippen LogP contribution in [-0.4, -0.2) is 17.4 Å². The van der Waals surface area contributed by atoms with Crippen LogP contribution in [0.2, 0.25) is 0 Å². The molecule has 2 aromatic rings. The van der Waals surface area contributed by atoms with Crippen LogP contribution in [0.1, 0.15) is 12.5 Å². The number of carbonyl (C=O) groups excluding carboxylic acids is 1. The molecular formula is C16H21Cl2N3OS. The molecule has 0 spiro atoms. The Labute approximate surface area is 153 Å². The smallest absolute Gasteiger partial charge is 0.228 e. The highest BCUT2D eigenvalue weighted by Crippen LogP contribution is 2.24. The maximum absolute atomic E-state index is 11.7. The first kappa shape index (κ1) is 21.7. The highest BCUT2D eigenvalue weighted by molar-refractivity contribution is 7.98. The number of hydrogen-bond acceptors (Lipinski definition) is 4. The van der Waals surface area contributed by atoms with Crippen LogP contribution in [-0.2, 0) is 10.5 Å². The fraction of sp³-hybridized carbons (Fsp3) is 0.250. The lowest BCUT2D eigenvalue weighted by molar-refractivity contribution is -0.119. The van der Waals surface area contributed by atoms with Gasteiger partial charge in [0.05, 0.1) is 0 Å². The van der Waals surface area contributed by atoms with E-state index < -0.39 is 0 Å². The molecule has 0 aliphatic rings. The van der Waals surface area contributed by atoms with Crippen LogP contribution in [0.15, 0.2) is 53.7 Å². The van der Waals surface area contributed by atoms with Gasteiger partial charge in [-0.05, 0) is 35.9 Å². The molecule has 1 unspecified atom stereocenters. The zero-order valence-corrected chi connectivity index (χ0v) is 15.2. The number of nitrogens with zero attached hydrogens (tertiary/aromatic N) is 1. The second-order valence-electron chi connectivity index (χ2n) is 4.80. The van der Waals surface area contributed by atoms with Gasteiger partial charge in [-0.3, -0.25) is 9.78 Å². The number of aromatic nitrogens is 1. The zero-order valence-electron chi connectivity index (χ0n) is 12.8. The van der Waals surface area contributed by atoms with Gasteiger partial charge in [-0.15, -0.1) is 36.6 Å². The van der Waals surface area contributed by atoms with Crippen molar-refractivity contribution in [3.63, 3.8) is 0 Å². The molecule has 1 amide bonds. The molecule has 4 nitrogen and oxygen atoms in total. The molecule has 1 atom stereocenters. The summed E-state index contributed by atoms with van der Waals surface area (Å²) in [6, 6.07) is 11.8. The number of rotatable bonds is 6. The lowest BCUT2D eigenvalue weighted by Crippen LogP contribution is -2.26. The van der Waals surface area contributed by atoms with Gasteiger partial charge in [0.15, 0.2) is 0 Å². The van der Waals surface area contributed by atoms with Crippen molar-refractivity contribution in [2.24, 2.45) is 11.7 Å². The van der Waals surface area contributed by atoms with Crippen LogP contribution in [0.3, 0.4) is 0 Å². The van der Waals surface area contributed by atoms with Crippen molar-refractivity contribution in [3.8, 4) is 0 Å². The number of thioether (sulfide) groups is 1. The Hall–Kier alpha value is -1.27. The normalized spacial score (nSPS) is 10.9. The standard InChI is InChI=1S/C16H19N3OS.2ClH/c1-12(9-17)16(20)19-14-4-6-15(7-5-14)21-11-13-3-2-8-18-10-13;;/h2-8,10,12H,9,11,17H2,1H3,(H,19,20);2*1H. The van der Waals surface area contributed by atoms with E-state index in [1.807, 2.05) is 43.5 Å². The number of halogens is 2. The number of anilines is 1. The van der Waals surface area contributed by atoms with Gasteiger partial charge in [0, 0.05) is 41.2 Å². The highest BCUT2D eigenvalue weighted by atomic mass is 35.5. The van der Waals surface area contributed by atoms with E-state index in [1.165, 1.54) is 5.56 Å². The van der Waals surface area contributed by atoms with Crippen molar-refractivity contribution in [2.75, 3.05) is 11.9 Å². The quantitative estimate of drug-likeness (QED) is 0.756. The fourth-order valence-corrected chi connectivity index (χ4v) is 2.49. The molecule has 1 heterocycles. The monoisotopic (exact) mass is 373 g/mol. The van der Waals surface area contributed by atoms with Crippen LogP contribution in [0, 0.1) is 5.92 Å². The van der Waals surface area contributed by atoms with E-state index in [9.17, 15) is 4.79 Å². The Kier molecular flexibility index (Phi) is 10.7. The van der Waals surface area contributed by atoms with E-state index in [1.54, 1.807) is 18.0 Å². The van der Waals surface area contributed by atoms with Crippen LogP contribution in [0.4, 0.5) is 5.69 Å². The van der Waals surface area contributed by atoms with Crippen LogP contribution in [0.5, 0.6) is 0 Å². The van der Waals surface area contributed by atoms with E-state index in [2.05, 4.69) is 16.4 Å². The van der Waals surface area contributed by atoms with E-state index in [0.29, 0.717) is 6.54 Å². The van der Waals surface area contributed by atoms with Crippen molar-refractivity contribution in [3.05, 3.63) is 54.4 Å². The minimum Gasteiger partial charge on any atom is -0.330 e. The molecule has 3 N–H and O–H groups in total. The summed E-state index contributed by atoms with van der Waals surface area (Å²) in [5, 5.41) is 2.86. The first-order valence-electron chi connectivity index (χ1n) is 6.81. The third-order valence-electron chi connectivity index (χ3n) is 3.05. The van der Waals surface area contributed by atoms with Crippen molar-refractivity contribution < 1.29 is 4.79 Å². The molecular weight excluding hydrogens is 353 g/mol. The van der Waals surface area contributed by atoms with Gasteiger partial charge in [-0.2, -0.15) is 0 Å². The molecule has 0 aliphatic carbocycles. The number of benzene rings is 1. The Balaban J connectivity index is 0.00000242. The molecule has 1 aromatic heterocycles. The zero-order chi connectivity index (χ0) is 15.1. The topological polar surface area (TPSA) is 68.0 Å². The number of hydrogen-bond donors (Lipinski definition) is 2. The minimum absolute atomic E-state index is 0. The summed E-state index contributed by atoms with van der Waals surface area (Å²) < 4.78 is 0.